The highest BCUT2D eigenvalue weighted by Crippen LogP contribution is 2.18. The minimum Gasteiger partial charge on any atom is -0.489 e. The molecule has 0 spiro atoms. The molecule has 33 heavy (non-hydrogen) atoms. The number of carbonyl (C=O) groups excluding carboxylic acids is 2. The van der Waals surface area contributed by atoms with Gasteiger partial charge in [-0.1, -0.05) is 36.4 Å². The third-order valence-electron chi connectivity index (χ3n) is 4.70. The van der Waals surface area contributed by atoms with Crippen LogP contribution in [0.1, 0.15) is 16.1 Å². The summed E-state index contributed by atoms with van der Waals surface area (Å²) in [5.74, 6) is 0.414. The van der Waals surface area contributed by atoms with Crippen molar-refractivity contribution in [1.29, 1.82) is 0 Å². The Hall–Kier alpha value is -4.52. The number of hydrogen-bond donors (Lipinski definition) is 3. The third-order valence-corrected chi connectivity index (χ3v) is 4.70. The van der Waals surface area contributed by atoms with Gasteiger partial charge in [0.1, 0.15) is 12.4 Å². The van der Waals surface area contributed by atoms with Crippen LogP contribution >= 0.6 is 0 Å². The Bertz CT molecular complexity index is 1190. The van der Waals surface area contributed by atoms with Gasteiger partial charge in [-0.25, -0.2) is 0 Å². The van der Waals surface area contributed by atoms with E-state index in [0.717, 1.165) is 11.3 Å². The van der Waals surface area contributed by atoms with Crippen LogP contribution in [-0.2, 0) is 11.4 Å². The van der Waals surface area contributed by atoms with Gasteiger partial charge in [0.05, 0.1) is 12.8 Å². The first-order chi connectivity index (χ1) is 16.2. The van der Waals surface area contributed by atoms with Crippen molar-refractivity contribution in [2.24, 2.45) is 0 Å². The number of amides is 2. The quantitative estimate of drug-likeness (QED) is 0.334. The minimum absolute atomic E-state index is 0.0713. The molecular formula is C26H23N3O4. The zero-order chi connectivity index (χ0) is 22.9. The van der Waals surface area contributed by atoms with Crippen LogP contribution in [0.2, 0.25) is 0 Å². The van der Waals surface area contributed by atoms with Gasteiger partial charge in [0.25, 0.3) is 5.91 Å². The van der Waals surface area contributed by atoms with Gasteiger partial charge in [0.2, 0.25) is 5.91 Å². The lowest BCUT2D eigenvalue weighted by molar-refractivity contribution is -0.114. The van der Waals surface area contributed by atoms with Crippen molar-refractivity contribution in [3.05, 3.63) is 109 Å². The number of furan rings is 1. The molecule has 7 nitrogen and oxygen atoms in total. The molecular weight excluding hydrogens is 418 g/mol. The highest BCUT2D eigenvalue weighted by atomic mass is 16.5. The Morgan fingerprint density at radius 3 is 2.30 bits per heavy atom. The average molecular weight is 441 g/mol. The number of nitrogens with one attached hydrogen (secondary N) is 3. The number of benzene rings is 3. The van der Waals surface area contributed by atoms with E-state index in [4.69, 9.17) is 9.15 Å². The summed E-state index contributed by atoms with van der Waals surface area (Å²) in [6.45, 7) is 0.555. The molecule has 0 aliphatic heterocycles. The maximum Gasteiger partial charge on any atom is 0.291 e. The van der Waals surface area contributed by atoms with Crippen LogP contribution in [-0.4, -0.2) is 18.4 Å². The molecule has 2 amide bonds. The van der Waals surface area contributed by atoms with Crippen molar-refractivity contribution >= 4 is 28.9 Å². The number of hydrogen-bond acceptors (Lipinski definition) is 5. The summed E-state index contributed by atoms with van der Waals surface area (Å²) in [7, 11) is 0. The van der Waals surface area contributed by atoms with Crippen LogP contribution < -0.4 is 20.7 Å². The molecule has 0 unspecified atom stereocenters. The molecule has 7 heteroatoms. The highest BCUT2D eigenvalue weighted by Gasteiger charge is 2.09. The smallest absolute Gasteiger partial charge is 0.291 e. The topological polar surface area (TPSA) is 92.6 Å². The van der Waals surface area contributed by atoms with Gasteiger partial charge in [0, 0.05) is 17.1 Å². The first-order valence-electron chi connectivity index (χ1n) is 10.4. The second-order valence-electron chi connectivity index (χ2n) is 7.21. The molecule has 0 fully saturated rings. The molecule has 1 aromatic heterocycles. The molecule has 0 aliphatic carbocycles. The SMILES string of the molecule is O=C(CNc1cccc(NC(=O)c2ccco2)c1)Nc1ccc(OCc2ccccc2)cc1. The van der Waals surface area contributed by atoms with Crippen molar-refractivity contribution in [1.82, 2.24) is 0 Å². The lowest BCUT2D eigenvalue weighted by Gasteiger charge is -2.11. The second-order valence-corrected chi connectivity index (χ2v) is 7.21. The van der Waals surface area contributed by atoms with Gasteiger partial charge < -0.3 is 25.1 Å². The molecule has 0 bridgehead atoms. The molecule has 4 rings (SSSR count). The Balaban J connectivity index is 1.24. The van der Waals surface area contributed by atoms with Crippen molar-refractivity contribution in [2.45, 2.75) is 6.61 Å². The van der Waals surface area contributed by atoms with Crippen molar-refractivity contribution in [3.63, 3.8) is 0 Å². The Labute approximate surface area is 191 Å². The molecule has 3 N–H and O–H groups in total. The minimum atomic E-state index is -0.342. The van der Waals surface area contributed by atoms with Gasteiger partial charge in [-0.2, -0.15) is 0 Å². The molecule has 0 saturated carbocycles. The van der Waals surface area contributed by atoms with Crippen LogP contribution in [0, 0.1) is 0 Å². The van der Waals surface area contributed by atoms with E-state index in [1.165, 1.54) is 6.26 Å². The maximum atomic E-state index is 12.3. The first-order valence-corrected chi connectivity index (χ1v) is 10.4. The van der Waals surface area contributed by atoms with E-state index in [1.54, 1.807) is 42.5 Å². The molecule has 0 atom stereocenters. The van der Waals surface area contributed by atoms with E-state index in [0.29, 0.717) is 23.7 Å². The lowest BCUT2D eigenvalue weighted by Crippen LogP contribution is -2.21. The lowest BCUT2D eigenvalue weighted by atomic mass is 10.2. The third kappa shape index (κ3) is 6.48. The normalized spacial score (nSPS) is 10.3. The number of carbonyl (C=O) groups is 2. The largest absolute Gasteiger partial charge is 0.489 e. The Morgan fingerprint density at radius 1 is 0.758 bits per heavy atom. The van der Waals surface area contributed by atoms with E-state index in [9.17, 15) is 9.59 Å². The van der Waals surface area contributed by atoms with Gasteiger partial charge in [-0.15, -0.1) is 0 Å². The first kappa shape index (κ1) is 21.7. The Kier molecular flexibility index (Phi) is 7.02. The molecule has 0 aliphatic rings. The predicted octanol–water partition coefficient (Wildman–Crippen LogP) is 5.16. The van der Waals surface area contributed by atoms with E-state index in [2.05, 4.69) is 16.0 Å². The van der Waals surface area contributed by atoms with E-state index in [-0.39, 0.29) is 24.1 Å². The van der Waals surface area contributed by atoms with Crippen molar-refractivity contribution < 1.29 is 18.7 Å². The molecule has 0 saturated heterocycles. The van der Waals surface area contributed by atoms with Crippen molar-refractivity contribution in [2.75, 3.05) is 22.5 Å². The monoisotopic (exact) mass is 441 g/mol. The summed E-state index contributed by atoms with van der Waals surface area (Å²) in [5, 5.41) is 8.64. The molecule has 1 heterocycles. The zero-order valence-electron chi connectivity index (χ0n) is 17.8. The van der Waals surface area contributed by atoms with Crippen molar-refractivity contribution in [3.8, 4) is 5.75 Å². The van der Waals surface area contributed by atoms with Crippen LogP contribution in [0.4, 0.5) is 17.1 Å². The molecule has 4 aromatic rings. The fourth-order valence-corrected chi connectivity index (χ4v) is 3.07. The van der Waals surface area contributed by atoms with Crippen LogP contribution in [0.5, 0.6) is 5.75 Å². The summed E-state index contributed by atoms with van der Waals surface area (Å²) in [4.78, 5) is 24.4. The van der Waals surface area contributed by atoms with Crippen LogP contribution in [0.25, 0.3) is 0 Å². The summed E-state index contributed by atoms with van der Waals surface area (Å²) in [6.07, 6.45) is 1.44. The van der Waals surface area contributed by atoms with Gasteiger partial charge in [0.15, 0.2) is 5.76 Å². The molecule has 166 valence electrons. The number of ether oxygens (including phenoxy) is 1. The predicted molar refractivity (Wildman–Crippen MR) is 127 cm³/mol. The summed E-state index contributed by atoms with van der Waals surface area (Å²) < 4.78 is 10.8. The number of rotatable bonds is 9. The van der Waals surface area contributed by atoms with Crippen LogP contribution in [0.3, 0.4) is 0 Å². The average Bonchev–Trinajstić information content (AvgIpc) is 3.39. The standard InChI is InChI=1S/C26H23N3O4/c30-25(28-20-11-13-23(14-12-20)33-18-19-6-2-1-3-7-19)17-27-21-8-4-9-22(16-21)29-26(31)24-10-5-15-32-24/h1-16,27H,17-18H2,(H,28,30)(H,29,31). The summed E-state index contributed by atoms with van der Waals surface area (Å²) in [6, 6.07) is 27.5. The maximum absolute atomic E-state index is 12.3. The fourth-order valence-electron chi connectivity index (χ4n) is 3.07. The molecule has 0 radical (unpaired) electrons. The second kappa shape index (κ2) is 10.7. The van der Waals surface area contributed by atoms with Gasteiger partial charge >= 0.3 is 0 Å². The molecule has 3 aromatic carbocycles. The van der Waals surface area contributed by atoms with E-state index in [1.807, 2.05) is 48.5 Å². The van der Waals surface area contributed by atoms with Gasteiger partial charge in [-0.3, -0.25) is 9.59 Å². The van der Waals surface area contributed by atoms with E-state index >= 15 is 0 Å². The highest BCUT2D eigenvalue weighted by molar-refractivity contribution is 6.02. The summed E-state index contributed by atoms with van der Waals surface area (Å²) in [5.41, 5.74) is 3.05. The zero-order valence-corrected chi connectivity index (χ0v) is 17.8. The van der Waals surface area contributed by atoms with E-state index < -0.39 is 0 Å². The number of anilines is 3. The van der Waals surface area contributed by atoms with Crippen LogP contribution in [0.15, 0.2) is 102 Å². The van der Waals surface area contributed by atoms with Gasteiger partial charge in [-0.05, 0) is 60.2 Å². The Morgan fingerprint density at radius 2 is 1.55 bits per heavy atom. The summed E-state index contributed by atoms with van der Waals surface area (Å²) >= 11 is 0. The fraction of sp³-hybridized carbons (Fsp3) is 0.0769.